The van der Waals surface area contributed by atoms with E-state index in [1.54, 1.807) is 29.9 Å². The maximum absolute atomic E-state index is 12.0. The van der Waals surface area contributed by atoms with Crippen molar-refractivity contribution >= 4 is 11.9 Å². The third-order valence-corrected chi connectivity index (χ3v) is 2.91. The van der Waals surface area contributed by atoms with E-state index in [0.717, 1.165) is 0 Å². The van der Waals surface area contributed by atoms with Crippen molar-refractivity contribution in [1.29, 1.82) is 0 Å². The number of aromatic nitrogens is 1. The van der Waals surface area contributed by atoms with Crippen molar-refractivity contribution < 1.29 is 14.7 Å². The first-order chi connectivity index (χ1) is 8.21. The minimum Gasteiger partial charge on any atom is -0.481 e. The number of rotatable bonds is 4. The molecule has 2 N–H and O–H groups in total. The van der Waals surface area contributed by atoms with Crippen LogP contribution in [0.25, 0.3) is 0 Å². The quantitative estimate of drug-likeness (QED) is 0.855. The van der Waals surface area contributed by atoms with Gasteiger partial charge in [-0.2, -0.15) is 0 Å². The Hall–Kier alpha value is -1.78. The number of hydrogen-bond donors (Lipinski definition) is 2. The summed E-state index contributed by atoms with van der Waals surface area (Å²) in [6, 6.07) is 3.07. The lowest BCUT2D eigenvalue weighted by atomic mass is 9.84. The van der Waals surface area contributed by atoms with E-state index in [9.17, 15) is 9.59 Å². The highest BCUT2D eigenvalue weighted by Crippen LogP contribution is 2.22. The molecule has 1 atom stereocenters. The number of amides is 1. The summed E-state index contributed by atoms with van der Waals surface area (Å²) in [6.45, 7) is 5.73. The minimum absolute atomic E-state index is 0.0837. The van der Waals surface area contributed by atoms with Crippen LogP contribution in [0, 0.1) is 5.41 Å². The van der Waals surface area contributed by atoms with E-state index in [-0.39, 0.29) is 17.7 Å². The van der Waals surface area contributed by atoms with Gasteiger partial charge in [-0.1, -0.05) is 20.8 Å². The summed E-state index contributed by atoms with van der Waals surface area (Å²) in [4.78, 5) is 22.9. The first-order valence-electron chi connectivity index (χ1n) is 5.86. The molecule has 1 heterocycles. The molecule has 0 aliphatic carbocycles. The minimum atomic E-state index is -0.915. The normalized spacial score (nSPS) is 13.1. The highest BCUT2D eigenvalue weighted by Gasteiger charge is 2.29. The summed E-state index contributed by atoms with van der Waals surface area (Å²) >= 11 is 0. The van der Waals surface area contributed by atoms with Crippen LogP contribution in [0.5, 0.6) is 0 Å². The topological polar surface area (TPSA) is 71.3 Å². The number of aryl methyl sites for hydroxylation is 1. The van der Waals surface area contributed by atoms with E-state index in [4.69, 9.17) is 5.11 Å². The fraction of sp³-hybridized carbons (Fsp3) is 0.538. The van der Waals surface area contributed by atoms with Crippen molar-refractivity contribution in [3.05, 3.63) is 24.0 Å². The number of hydrogen-bond acceptors (Lipinski definition) is 2. The molecule has 0 bridgehead atoms. The molecule has 18 heavy (non-hydrogen) atoms. The molecule has 0 saturated heterocycles. The zero-order valence-electron chi connectivity index (χ0n) is 11.2. The summed E-state index contributed by atoms with van der Waals surface area (Å²) in [5, 5.41) is 11.7. The van der Waals surface area contributed by atoms with Crippen molar-refractivity contribution in [2.75, 3.05) is 0 Å². The lowest BCUT2D eigenvalue weighted by Crippen LogP contribution is -2.45. The van der Waals surface area contributed by atoms with Crippen LogP contribution < -0.4 is 5.32 Å². The molecule has 1 amide bonds. The molecule has 0 fully saturated rings. The fourth-order valence-electron chi connectivity index (χ4n) is 1.68. The highest BCUT2D eigenvalue weighted by molar-refractivity contribution is 5.93. The fourth-order valence-corrected chi connectivity index (χ4v) is 1.68. The molecule has 5 heteroatoms. The van der Waals surface area contributed by atoms with Gasteiger partial charge in [0.15, 0.2) is 0 Å². The van der Waals surface area contributed by atoms with Gasteiger partial charge in [0.05, 0.1) is 6.42 Å². The summed E-state index contributed by atoms with van der Waals surface area (Å²) in [7, 11) is 1.78. The first kappa shape index (κ1) is 14.3. The van der Waals surface area contributed by atoms with Gasteiger partial charge in [0.1, 0.15) is 5.69 Å². The summed E-state index contributed by atoms with van der Waals surface area (Å²) < 4.78 is 1.70. The predicted molar refractivity (Wildman–Crippen MR) is 68.4 cm³/mol. The highest BCUT2D eigenvalue weighted by atomic mass is 16.4. The summed E-state index contributed by atoms with van der Waals surface area (Å²) in [6.07, 6.45) is 1.69. The number of nitrogens with one attached hydrogen (secondary N) is 1. The van der Waals surface area contributed by atoms with Crippen LogP contribution in [0.1, 0.15) is 37.7 Å². The van der Waals surface area contributed by atoms with Gasteiger partial charge in [-0.05, 0) is 17.5 Å². The second-order valence-electron chi connectivity index (χ2n) is 5.49. The SMILES string of the molecule is Cn1cccc1C(=O)NC(CC(=O)O)C(C)(C)C. The van der Waals surface area contributed by atoms with E-state index < -0.39 is 12.0 Å². The third-order valence-electron chi connectivity index (χ3n) is 2.91. The largest absolute Gasteiger partial charge is 0.481 e. The molecule has 0 aliphatic heterocycles. The number of aliphatic carboxylic acids is 1. The van der Waals surface area contributed by atoms with Crippen molar-refractivity contribution in [2.24, 2.45) is 12.5 Å². The van der Waals surface area contributed by atoms with Crippen LogP contribution in [0.4, 0.5) is 0 Å². The average Bonchev–Trinajstić information content (AvgIpc) is 2.61. The second-order valence-corrected chi connectivity index (χ2v) is 5.49. The molecule has 0 saturated carbocycles. The zero-order valence-corrected chi connectivity index (χ0v) is 11.2. The third kappa shape index (κ3) is 3.61. The number of carbonyl (C=O) groups is 2. The molecule has 5 nitrogen and oxygen atoms in total. The smallest absolute Gasteiger partial charge is 0.305 e. The van der Waals surface area contributed by atoms with Gasteiger partial charge in [0.2, 0.25) is 0 Å². The Labute approximate surface area is 107 Å². The van der Waals surface area contributed by atoms with Crippen LogP contribution >= 0.6 is 0 Å². The lowest BCUT2D eigenvalue weighted by Gasteiger charge is -2.30. The Morgan fingerprint density at radius 3 is 2.44 bits per heavy atom. The van der Waals surface area contributed by atoms with Crippen LogP contribution in [0.2, 0.25) is 0 Å². The molecule has 0 spiro atoms. The van der Waals surface area contributed by atoms with Crippen molar-refractivity contribution in [1.82, 2.24) is 9.88 Å². The number of carbonyl (C=O) groups excluding carboxylic acids is 1. The van der Waals surface area contributed by atoms with Gasteiger partial charge >= 0.3 is 5.97 Å². The predicted octanol–water partition coefficient (Wildman–Crippen LogP) is 1.64. The van der Waals surface area contributed by atoms with Gasteiger partial charge < -0.3 is 15.0 Å². The van der Waals surface area contributed by atoms with E-state index in [1.165, 1.54) is 0 Å². The summed E-state index contributed by atoms with van der Waals surface area (Å²) in [5.74, 6) is -1.16. The van der Waals surface area contributed by atoms with Gasteiger partial charge in [0, 0.05) is 19.3 Å². The lowest BCUT2D eigenvalue weighted by molar-refractivity contribution is -0.138. The Bertz CT molecular complexity index is 443. The zero-order chi connectivity index (χ0) is 13.9. The summed E-state index contributed by atoms with van der Waals surface area (Å²) in [5.41, 5.74) is 0.216. The molecule has 1 unspecified atom stereocenters. The van der Waals surface area contributed by atoms with Crippen molar-refractivity contribution in [3.63, 3.8) is 0 Å². The molecule has 100 valence electrons. The molecular weight excluding hydrogens is 232 g/mol. The van der Waals surface area contributed by atoms with Gasteiger partial charge in [-0.15, -0.1) is 0 Å². The van der Waals surface area contributed by atoms with Gasteiger partial charge in [-0.25, -0.2) is 0 Å². The van der Waals surface area contributed by atoms with Crippen LogP contribution in [-0.4, -0.2) is 27.6 Å². The molecule has 0 aromatic carbocycles. The van der Waals surface area contributed by atoms with Crippen molar-refractivity contribution in [2.45, 2.75) is 33.2 Å². The van der Waals surface area contributed by atoms with Crippen LogP contribution in [0.15, 0.2) is 18.3 Å². The molecule has 0 aliphatic rings. The monoisotopic (exact) mass is 252 g/mol. The Morgan fingerprint density at radius 1 is 1.44 bits per heavy atom. The van der Waals surface area contributed by atoms with Gasteiger partial charge in [-0.3, -0.25) is 9.59 Å². The van der Waals surface area contributed by atoms with E-state index in [1.807, 2.05) is 20.8 Å². The van der Waals surface area contributed by atoms with Gasteiger partial charge in [0.25, 0.3) is 5.91 Å². The standard InChI is InChI=1S/C13H20N2O3/c1-13(2,3)10(8-11(16)17)14-12(18)9-6-5-7-15(9)4/h5-7,10H,8H2,1-4H3,(H,14,18)(H,16,17). The molecule has 1 aromatic rings. The van der Waals surface area contributed by atoms with Crippen molar-refractivity contribution in [3.8, 4) is 0 Å². The van der Waals surface area contributed by atoms with E-state index in [2.05, 4.69) is 5.32 Å². The van der Waals surface area contributed by atoms with Crippen LogP contribution in [-0.2, 0) is 11.8 Å². The number of carboxylic acid groups (broad SMARTS) is 1. The maximum Gasteiger partial charge on any atom is 0.305 e. The van der Waals surface area contributed by atoms with Crippen LogP contribution in [0.3, 0.4) is 0 Å². The van der Waals surface area contributed by atoms with E-state index in [0.29, 0.717) is 5.69 Å². The number of nitrogens with zero attached hydrogens (tertiary/aromatic N) is 1. The average molecular weight is 252 g/mol. The van der Waals surface area contributed by atoms with E-state index >= 15 is 0 Å². The Balaban J connectivity index is 2.82. The Morgan fingerprint density at radius 2 is 2.06 bits per heavy atom. The number of carboxylic acids is 1. The Kier molecular flexibility index (Phi) is 4.16. The molecule has 1 aromatic heterocycles. The first-order valence-corrected chi connectivity index (χ1v) is 5.86. The molecule has 1 rings (SSSR count). The molecule has 0 radical (unpaired) electrons. The maximum atomic E-state index is 12.0. The molecular formula is C13H20N2O3. The second kappa shape index (κ2) is 5.25.